The van der Waals surface area contributed by atoms with Gasteiger partial charge in [-0.3, -0.25) is 4.79 Å². The number of rotatable bonds is 0. The summed E-state index contributed by atoms with van der Waals surface area (Å²) in [5.74, 6) is -2.75. The van der Waals surface area contributed by atoms with Crippen LogP contribution < -0.4 is 11.0 Å². The van der Waals surface area contributed by atoms with Crippen molar-refractivity contribution in [1.29, 1.82) is 0 Å². The highest BCUT2D eigenvalue weighted by molar-refractivity contribution is 5.84. The van der Waals surface area contributed by atoms with Crippen LogP contribution in [-0.4, -0.2) is 11.4 Å². The van der Waals surface area contributed by atoms with E-state index in [9.17, 15) is 9.18 Å². The molecule has 0 saturated carbocycles. The summed E-state index contributed by atoms with van der Waals surface area (Å²) in [4.78, 5) is 11.6. The summed E-state index contributed by atoms with van der Waals surface area (Å²) in [7, 11) is 0. The maximum Gasteiger partial charge on any atom is 0.226 e. The molecule has 1 saturated heterocycles. The van der Waals surface area contributed by atoms with Crippen molar-refractivity contribution in [2.45, 2.75) is 18.3 Å². The Morgan fingerprint density at radius 3 is 3.42 bits per heavy atom. The van der Waals surface area contributed by atoms with Crippen molar-refractivity contribution in [2.75, 3.05) is 0 Å². The van der Waals surface area contributed by atoms with Gasteiger partial charge in [0.05, 0.1) is 14.7 Å². The van der Waals surface area contributed by atoms with Gasteiger partial charge in [-0.05, 0) is 12.1 Å². The second kappa shape index (κ2) is 2.17. The van der Waals surface area contributed by atoms with Gasteiger partial charge in [0.1, 0.15) is 5.83 Å². The minimum absolute atomic E-state index is 0.0465. The molecule has 0 radical (unpaired) electrons. The summed E-state index contributed by atoms with van der Waals surface area (Å²) in [6.45, 7) is 0. The zero-order valence-corrected chi connectivity index (χ0v) is 5.89. The maximum atomic E-state index is 13.6. The van der Waals surface area contributed by atoms with Crippen molar-refractivity contribution in [3.8, 4) is 0 Å². The topological polar surface area (TPSA) is 55.1 Å². The molecule has 2 aliphatic rings. The predicted molar refractivity (Wildman–Crippen MR) is 41.6 cm³/mol. The highest BCUT2D eigenvalue weighted by Crippen LogP contribution is 2.33. The molecule has 2 unspecified atom stereocenters. The van der Waals surface area contributed by atoms with Gasteiger partial charge in [-0.1, -0.05) is 0 Å². The monoisotopic (exact) mass is 174 g/mol. The number of carbonyl (C=O) groups is 1. The van der Waals surface area contributed by atoms with E-state index in [0.29, 0.717) is 0 Å². The lowest BCUT2D eigenvalue weighted by Gasteiger charge is -2.25. The first kappa shape index (κ1) is 3.30. The first-order valence-corrected chi connectivity index (χ1v) is 3.21. The van der Waals surface area contributed by atoms with E-state index in [2.05, 4.69) is 0 Å². The minimum Gasteiger partial charge on any atom is -0.328 e. The first-order chi connectivity index (χ1) is 8.08. The number of carbonyl (C=O) groups excluding carboxylic acids is 1. The molecule has 3 nitrogen and oxygen atoms in total. The van der Waals surface area contributed by atoms with Crippen molar-refractivity contribution in [3.05, 3.63) is 23.6 Å². The molecule has 4 heteroatoms. The third kappa shape index (κ3) is 0.956. The Hall–Kier alpha value is -1.16. The van der Waals surface area contributed by atoms with Crippen molar-refractivity contribution in [1.82, 2.24) is 5.31 Å². The van der Waals surface area contributed by atoms with Gasteiger partial charge in [0, 0.05) is 16.2 Å². The van der Waals surface area contributed by atoms with E-state index < -0.39 is 47.8 Å². The van der Waals surface area contributed by atoms with Gasteiger partial charge in [-0.2, -0.15) is 0 Å². The van der Waals surface area contributed by atoms with Crippen molar-refractivity contribution < 1.29 is 17.5 Å². The Balaban J connectivity index is 2.81. The Bertz CT molecular complexity index is 518. The summed E-state index contributed by atoms with van der Waals surface area (Å²) >= 11 is 0. The molecule has 1 heterocycles. The van der Waals surface area contributed by atoms with E-state index in [0.717, 1.165) is 0 Å². The summed E-state index contributed by atoms with van der Waals surface area (Å²) in [6, 6.07) is -1.79. The summed E-state index contributed by atoms with van der Waals surface area (Å²) in [5.41, 5.74) is 2.52. The zero-order chi connectivity index (χ0) is 14.0. The lowest BCUT2D eigenvalue weighted by Crippen LogP contribution is -2.41. The van der Waals surface area contributed by atoms with Gasteiger partial charge in [-0.25, -0.2) is 4.39 Å². The van der Waals surface area contributed by atoms with Crippen LogP contribution in [0.15, 0.2) is 23.6 Å². The van der Waals surface area contributed by atoms with Crippen LogP contribution in [0.4, 0.5) is 4.39 Å². The number of hydrogen-bond donors (Lipinski definition) is 2. The van der Waals surface area contributed by atoms with Gasteiger partial charge in [-0.15, -0.1) is 0 Å². The Labute approximate surface area is 77.6 Å². The number of amides is 1. The smallest absolute Gasteiger partial charge is 0.226 e. The van der Waals surface area contributed by atoms with Crippen molar-refractivity contribution in [3.63, 3.8) is 0 Å². The molecule has 0 aromatic rings. The van der Waals surface area contributed by atoms with Gasteiger partial charge < -0.3 is 11.0 Å². The molecular formula is C8H9FN2O. The van der Waals surface area contributed by atoms with Crippen LogP contribution in [0.3, 0.4) is 0 Å². The Morgan fingerprint density at radius 1 is 1.92 bits per heavy atom. The van der Waals surface area contributed by atoms with Crippen LogP contribution >= 0.6 is 0 Å². The van der Waals surface area contributed by atoms with E-state index >= 15 is 0 Å². The molecule has 3 N–H and O–H groups in total. The van der Waals surface area contributed by atoms with E-state index in [1.54, 1.807) is 0 Å². The molecule has 1 aliphatic carbocycles. The molecule has 0 bridgehead atoms. The fourth-order valence-corrected chi connectivity index (χ4v) is 1.05. The van der Waals surface area contributed by atoms with Crippen LogP contribution in [0, 0.1) is 0 Å². The largest absolute Gasteiger partial charge is 0.328 e. The number of fused-ring (bicyclic) bond motifs is 1. The number of allylic oxidation sites excluding steroid dienone is 2. The third-order valence-electron chi connectivity index (χ3n) is 1.57. The predicted octanol–water partition coefficient (Wildman–Crippen LogP) is 0.345. The molecule has 2 rings (SSSR count). The average molecular weight is 174 g/mol. The molecule has 1 amide bonds. The number of nitrogens with two attached hydrogens (primary N) is 1. The molecular weight excluding hydrogens is 159 g/mol. The highest BCUT2D eigenvalue weighted by Gasteiger charge is 2.41. The average Bonchev–Trinajstić information content (AvgIpc) is 2.44. The van der Waals surface area contributed by atoms with E-state index in [1.165, 1.54) is 0 Å². The molecule has 64 valence electrons. The molecule has 0 aromatic heterocycles. The maximum absolute atomic E-state index is 13.6. The van der Waals surface area contributed by atoms with Crippen LogP contribution in [-0.2, 0) is 4.79 Å². The van der Waals surface area contributed by atoms with E-state index in [-0.39, 0.29) is 5.31 Å². The van der Waals surface area contributed by atoms with Crippen LogP contribution in [0.1, 0.15) is 19.6 Å². The number of hydrogen-bond acceptors (Lipinski definition) is 2. The Kier molecular flexibility index (Phi) is 0.595. The summed E-state index contributed by atoms with van der Waals surface area (Å²) in [6.07, 6.45) is -4.91. The van der Waals surface area contributed by atoms with Gasteiger partial charge in [0.2, 0.25) is 5.91 Å². The first-order valence-electron chi connectivity index (χ1n) is 6.23. The summed E-state index contributed by atoms with van der Waals surface area (Å²) < 4.78 is 58.5. The molecule has 2 atom stereocenters. The fraction of sp³-hybridized carbons (Fsp3) is 0.375. The zero-order valence-electron chi connectivity index (χ0n) is 11.9. The van der Waals surface area contributed by atoms with Crippen LogP contribution in [0.2, 0.25) is 1.41 Å². The van der Waals surface area contributed by atoms with Crippen molar-refractivity contribution in [2.24, 2.45) is 5.73 Å². The van der Waals surface area contributed by atoms with Crippen LogP contribution in [0.5, 0.6) is 0 Å². The van der Waals surface area contributed by atoms with Crippen LogP contribution in [0.25, 0.3) is 0 Å². The number of nitrogens with one attached hydrogen (secondary N) is 1. The lowest BCUT2D eigenvalue weighted by atomic mass is 9.88. The lowest BCUT2D eigenvalue weighted by molar-refractivity contribution is -0.119. The second-order valence-corrected chi connectivity index (χ2v) is 2.50. The summed E-state index contributed by atoms with van der Waals surface area (Å²) in [5, 5.41) is 0.0465. The van der Waals surface area contributed by atoms with E-state index in [1.807, 2.05) is 0 Å². The Morgan fingerprint density at radius 2 is 2.67 bits per heavy atom. The SMILES string of the molecule is [2H]C1=C(F)C([2H])C2(N)C(=C1[2H])N([2H])C(=O)C2([2H])[2H]. The number of halogens is 1. The van der Waals surface area contributed by atoms with Gasteiger partial charge in [0.15, 0.2) is 1.41 Å². The fourth-order valence-electron chi connectivity index (χ4n) is 1.05. The quantitative estimate of drug-likeness (QED) is 0.556. The second-order valence-electron chi connectivity index (χ2n) is 2.50. The molecule has 12 heavy (non-hydrogen) atoms. The molecule has 1 fully saturated rings. The van der Waals surface area contributed by atoms with Gasteiger partial charge >= 0.3 is 0 Å². The minimum atomic E-state index is -2.87. The van der Waals surface area contributed by atoms with Crippen molar-refractivity contribution >= 4 is 5.91 Å². The molecule has 0 spiro atoms. The van der Waals surface area contributed by atoms with Gasteiger partial charge in [0.25, 0.3) is 0 Å². The third-order valence-corrected chi connectivity index (χ3v) is 1.57. The molecule has 1 aliphatic heterocycles. The standard InChI is InChI=1S/C8H9FN2O/c9-5-1-2-6-8(10,3-5)4-7(12)11-6/h1-2H,3-4,10H2,(H,11,12)/i1D,2D,3D,4D2/hD. The van der Waals surface area contributed by atoms with E-state index in [4.69, 9.17) is 14.0 Å². The molecule has 0 aromatic carbocycles. The highest BCUT2D eigenvalue weighted by atomic mass is 19.1. The normalized spacial score (nSPS) is 53.7.